The minimum absolute atomic E-state index is 0.0377. The van der Waals surface area contributed by atoms with Crippen LogP contribution in [0.5, 0.6) is 0 Å². The second-order valence-corrected chi connectivity index (χ2v) is 14.1. The third kappa shape index (κ3) is 6.50. The van der Waals surface area contributed by atoms with Crippen LogP contribution in [0.3, 0.4) is 0 Å². The number of imidazole rings is 1. The summed E-state index contributed by atoms with van der Waals surface area (Å²) < 4.78 is 19.5. The summed E-state index contributed by atoms with van der Waals surface area (Å²) in [6, 6.07) is 8.52. The molecule has 3 aromatic heterocycles. The van der Waals surface area contributed by atoms with E-state index in [1.165, 1.54) is 12.3 Å². The Bertz CT molecular complexity index is 1760. The molecule has 12 heteroatoms. The minimum atomic E-state index is -0.708. The second kappa shape index (κ2) is 12.6. The van der Waals surface area contributed by atoms with Gasteiger partial charge in [-0.05, 0) is 83.7 Å². The number of carbonyl (C=O) groups is 1. The molecule has 0 atom stereocenters. The summed E-state index contributed by atoms with van der Waals surface area (Å²) in [5.41, 5.74) is 3.16. The Kier molecular flexibility index (Phi) is 8.52. The van der Waals surface area contributed by atoms with Crippen molar-refractivity contribution in [1.29, 1.82) is 0 Å². The number of piperidine rings is 1. The van der Waals surface area contributed by atoms with Gasteiger partial charge in [-0.1, -0.05) is 0 Å². The third-order valence-corrected chi connectivity index (χ3v) is 10.5. The molecular formula is C35H46FN9O2. The number of amides is 1. The number of aliphatic hydroxyl groups is 1. The molecule has 2 saturated heterocycles. The van der Waals surface area contributed by atoms with Gasteiger partial charge in [0, 0.05) is 81.5 Å². The number of rotatable bonds is 6. The number of hydrogen-bond acceptors (Lipinski definition) is 8. The number of likely N-dealkylation sites (N-methyl/N-ethyl adjacent to an activating group) is 1. The van der Waals surface area contributed by atoms with Crippen LogP contribution in [-0.4, -0.2) is 103 Å². The van der Waals surface area contributed by atoms with E-state index in [1.807, 2.05) is 6.92 Å². The molecule has 1 amide bonds. The summed E-state index contributed by atoms with van der Waals surface area (Å²) >= 11 is 0. The van der Waals surface area contributed by atoms with Gasteiger partial charge in [-0.2, -0.15) is 5.10 Å². The Hall–Kier alpha value is -3.87. The molecule has 3 aliphatic rings. The van der Waals surface area contributed by atoms with Gasteiger partial charge in [0.25, 0.3) is 5.91 Å². The summed E-state index contributed by atoms with van der Waals surface area (Å²) in [6.45, 7) is 10.2. The number of anilines is 2. The molecule has 0 unspecified atom stereocenters. The average molecular weight is 644 g/mol. The predicted molar refractivity (Wildman–Crippen MR) is 181 cm³/mol. The lowest BCUT2D eigenvalue weighted by Crippen LogP contribution is -2.52. The van der Waals surface area contributed by atoms with E-state index in [-0.39, 0.29) is 17.3 Å². The molecular weight excluding hydrogens is 597 g/mol. The van der Waals surface area contributed by atoms with E-state index in [1.54, 1.807) is 24.9 Å². The largest absolute Gasteiger partial charge is 0.390 e. The van der Waals surface area contributed by atoms with Crippen LogP contribution in [0.1, 0.15) is 67.5 Å². The molecule has 0 bridgehead atoms. The van der Waals surface area contributed by atoms with E-state index in [9.17, 15) is 9.90 Å². The Labute approximate surface area is 275 Å². The molecule has 250 valence electrons. The van der Waals surface area contributed by atoms with Crippen LogP contribution in [0, 0.1) is 12.7 Å². The second-order valence-electron chi connectivity index (χ2n) is 14.1. The monoisotopic (exact) mass is 643 g/mol. The zero-order chi connectivity index (χ0) is 32.9. The van der Waals surface area contributed by atoms with Gasteiger partial charge in [-0.15, -0.1) is 0 Å². The molecule has 3 fully saturated rings. The maximum absolute atomic E-state index is 15.8. The first-order valence-electron chi connectivity index (χ1n) is 16.9. The van der Waals surface area contributed by atoms with Gasteiger partial charge < -0.3 is 19.5 Å². The van der Waals surface area contributed by atoms with Crippen molar-refractivity contribution >= 4 is 28.6 Å². The standard InChI is InChI=1S/C35H46FN9O2/c1-23-19-28(31(36)32(38-23)24-21-37-42(4)22-24)33(46)40-34-39-29-20-27(5-6-30(29)45(34)26-7-11-35(2,47)12-8-26)43-13-9-25(10-14-43)44-17-15-41(3)16-18-44/h5-6,19-22,25-26,47H,7-18H2,1-4H3,(H,39,40,46)/t26-,35+. The average Bonchev–Trinajstić information content (AvgIpc) is 3.65. The summed E-state index contributed by atoms with van der Waals surface area (Å²) in [4.78, 5) is 30.6. The molecule has 11 nitrogen and oxygen atoms in total. The maximum Gasteiger partial charge on any atom is 0.261 e. The highest BCUT2D eigenvalue weighted by molar-refractivity contribution is 6.05. The molecule has 4 aromatic rings. The first-order chi connectivity index (χ1) is 22.5. The molecule has 2 aliphatic heterocycles. The molecule has 0 radical (unpaired) electrons. The highest BCUT2D eigenvalue weighted by Crippen LogP contribution is 2.39. The number of piperazine rings is 1. The first kappa shape index (κ1) is 31.7. The van der Waals surface area contributed by atoms with E-state index < -0.39 is 17.3 Å². The molecule has 0 spiro atoms. The normalized spacial score (nSPS) is 23.4. The van der Waals surface area contributed by atoms with Crippen molar-refractivity contribution in [3.8, 4) is 11.3 Å². The Morgan fingerprint density at radius 1 is 0.979 bits per heavy atom. The van der Waals surface area contributed by atoms with E-state index in [4.69, 9.17) is 4.98 Å². The number of carbonyl (C=O) groups excluding carboxylic acids is 1. The number of aromatic nitrogens is 5. The zero-order valence-electron chi connectivity index (χ0n) is 27.9. The number of benzene rings is 1. The smallest absolute Gasteiger partial charge is 0.261 e. The van der Waals surface area contributed by atoms with Crippen LogP contribution in [-0.2, 0) is 7.05 Å². The van der Waals surface area contributed by atoms with Crippen LogP contribution >= 0.6 is 0 Å². The minimum Gasteiger partial charge on any atom is -0.390 e. The summed E-state index contributed by atoms with van der Waals surface area (Å²) in [5.74, 6) is -0.886. The van der Waals surface area contributed by atoms with E-state index >= 15 is 4.39 Å². The van der Waals surface area contributed by atoms with Gasteiger partial charge in [0.1, 0.15) is 5.69 Å². The molecule has 7 rings (SSSR count). The van der Waals surface area contributed by atoms with E-state index in [0.717, 1.165) is 81.7 Å². The fourth-order valence-corrected chi connectivity index (χ4v) is 7.63. The Balaban J connectivity index is 1.17. The van der Waals surface area contributed by atoms with Crippen LogP contribution in [0.4, 0.5) is 16.0 Å². The van der Waals surface area contributed by atoms with Gasteiger partial charge in [0.2, 0.25) is 5.95 Å². The Morgan fingerprint density at radius 3 is 2.38 bits per heavy atom. The summed E-state index contributed by atoms with van der Waals surface area (Å²) in [6.07, 6.45) is 8.28. The summed E-state index contributed by atoms with van der Waals surface area (Å²) in [7, 11) is 3.95. The molecule has 1 aliphatic carbocycles. The van der Waals surface area contributed by atoms with Crippen molar-refractivity contribution in [2.24, 2.45) is 7.05 Å². The fourth-order valence-electron chi connectivity index (χ4n) is 7.63. The lowest BCUT2D eigenvalue weighted by atomic mass is 9.83. The number of fused-ring (bicyclic) bond motifs is 1. The van der Waals surface area contributed by atoms with Crippen LogP contribution in [0.15, 0.2) is 36.7 Å². The van der Waals surface area contributed by atoms with Crippen LogP contribution < -0.4 is 10.2 Å². The number of aryl methyl sites for hydroxylation is 2. The quantitative estimate of drug-likeness (QED) is 0.314. The van der Waals surface area contributed by atoms with Crippen molar-refractivity contribution in [3.63, 3.8) is 0 Å². The predicted octanol–water partition coefficient (Wildman–Crippen LogP) is 4.61. The van der Waals surface area contributed by atoms with Gasteiger partial charge >= 0.3 is 0 Å². The highest BCUT2D eigenvalue weighted by Gasteiger charge is 2.33. The van der Waals surface area contributed by atoms with Crippen molar-refractivity contribution in [1.82, 2.24) is 34.1 Å². The summed E-state index contributed by atoms with van der Waals surface area (Å²) in [5, 5.41) is 17.8. The molecule has 2 N–H and O–H groups in total. The molecule has 5 heterocycles. The third-order valence-electron chi connectivity index (χ3n) is 10.5. The van der Waals surface area contributed by atoms with Gasteiger partial charge in [0.05, 0.1) is 28.4 Å². The molecule has 1 saturated carbocycles. The van der Waals surface area contributed by atoms with Crippen molar-refractivity contribution in [2.75, 3.05) is 56.5 Å². The highest BCUT2D eigenvalue weighted by atomic mass is 19.1. The number of halogens is 1. The number of nitrogens with one attached hydrogen (secondary N) is 1. The van der Waals surface area contributed by atoms with Crippen molar-refractivity contribution < 1.29 is 14.3 Å². The topological polar surface area (TPSA) is 108 Å². The van der Waals surface area contributed by atoms with Gasteiger partial charge in [-0.25, -0.2) is 14.4 Å². The molecule has 47 heavy (non-hydrogen) atoms. The number of pyridine rings is 1. The fraction of sp³-hybridized carbons (Fsp3) is 0.543. The first-order valence-corrected chi connectivity index (χ1v) is 16.9. The van der Waals surface area contributed by atoms with Gasteiger partial charge in [-0.3, -0.25) is 19.7 Å². The number of nitrogens with zero attached hydrogens (tertiary/aromatic N) is 8. The maximum atomic E-state index is 15.8. The lowest BCUT2D eigenvalue weighted by Gasteiger charge is -2.42. The van der Waals surface area contributed by atoms with Crippen molar-refractivity contribution in [2.45, 2.75) is 70.1 Å². The van der Waals surface area contributed by atoms with Gasteiger partial charge in [0.15, 0.2) is 5.82 Å². The van der Waals surface area contributed by atoms with Crippen LogP contribution in [0.25, 0.3) is 22.3 Å². The lowest BCUT2D eigenvalue weighted by molar-refractivity contribution is 0.0106. The van der Waals surface area contributed by atoms with Crippen LogP contribution in [0.2, 0.25) is 0 Å². The zero-order valence-corrected chi connectivity index (χ0v) is 27.9. The SMILES string of the molecule is Cc1cc(C(=O)Nc2nc3cc(N4CCC(N5CCN(C)CC5)CC4)ccc3n2[C@H]2CC[C@@](C)(O)CC2)c(F)c(-c2cnn(C)c2)n1. The Morgan fingerprint density at radius 2 is 1.70 bits per heavy atom. The van der Waals surface area contributed by atoms with Crippen molar-refractivity contribution in [3.05, 3.63) is 53.7 Å². The number of hydrogen-bond donors (Lipinski definition) is 2. The van der Waals surface area contributed by atoms with E-state index in [0.29, 0.717) is 36.1 Å². The van der Waals surface area contributed by atoms with E-state index in [2.05, 4.69) is 59.9 Å². The molecule has 1 aromatic carbocycles.